The van der Waals surface area contributed by atoms with Crippen LogP contribution in [0.3, 0.4) is 0 Å². The molecule has 1 aromatic rings. The van der Waals surface area contributed by atoms with Gasteiger partial charge in [0.15, 0.2) is 0 Å². The van der Waals surface area contributed by atoms with Gasteiger partial charge in [-0.1, -0.05) is 11.6 Å². The first-order chi connectivity index (χ1) is 11.1. The summed E-state index contributed by atoms with van der Waals surface area (Å²) in [4.78, 5) is 28.9. The number of ether oxygens (including phenoxy) is 1. The van der Waals surface area contributed by atoms with E-state index in [4.69, 9.17) is 27.9 Å². The number of nitrogens with one attached hydrogen (secondary N) is 2. The third-order valence-corrected chi connectivity index (χ3v) is 4.54. The van der Waals surface area contributed by atoms with Crippen LogP contribution in [0.1, 0.15) is 43.4 Å². The first-order valence-electron chi connectivity index (χ1n) is 7.85. The van der Waals surface area contributed by atoms with Gasteiger partial charge in [-0.15, -0.1) is 11.6 Å². The van der Waals surface area contributed by atoms with Crippen molar-refractivity contribution in [2.24, 2.45) is 0 Å². The van der Waals surface area contributed by atoms with Crippen LogP contribution in [0.5, 0.6) is 0 Å². The summed E-state index contributed by atoms with van der Waals surface area (Å²) in [6.45, 7) is 8.06. The molecule has 2 rings (SSSR count). The summed E-state index contributed by atoms with van der Waals surface area (Å²) in [6, 6.07) is 1.37. The fourth-order valence-electron chi connectivity index (χ4n) is 2.46. The molecule has 1 saturated heterocycles. The lowest BCUT2D eigenvalue weighted by Crippen LogP contribution is -2.54. The van der Waals surface area contributed by atoms with Gasteiger partial charge in [-0.3, -0.25) is 4.79 Å². The van der Waals surface area contributed by atoms with Gasteiger partial charge < -0.3 is 19.9 Å². The lowest BCUT2D eigenvalue weighted by Gasteiger charge is -2.36. The van der Waals surface area contributed by atoms with Crippen molar-refractivity contribution in [2.45, 2.75) is 51.1 Å². The minimum absolute atomic E-state index is 0.222. The number of hydrogen-bond acceptors (Lipinski definition) is 3. The Balaban J connectivity index is 1.91. The quantitative estimate of drug-likeness (QED) is 0.778. The standard InChI is InChI=1S/C16H23Cl2N3O3/c1-9-10(17)7-13(19-9)14(22)20-12-5-6-21(8-11(12)18)15(23)24-16(2,3)4/h7,11-12,19H,5-6,8H2,1-4H3,(H,20,22). The maximum Gasteiger partial charge on any atom is 0.410 e. The van der Waals surface area contributed by atoms with Crippen molar-refractivity contribution in [3.05, 3.63) is 22.5 Å². The summed E-state index contributed by atoms with van der Waals surface area (Å²) >= 11 is 12.3. The van der Waals surface area contributed by atoms with Crippen LogP contribution < -0.4 is 5.32 Å². The SMILES string of the molecule is Cc1[nH]c(C(=O)NC2CCN(C(=O)OC(C)(C)C)CC2Cl)cc1Cl. The lowest BCUT2D eigenvalue weighted by atomic mass is 10.0. The molecule has 2 unspecified atom stereocenters. The Kier molecular flexibility index (Phi) is 5.71. The van der Waals surface area contributed by atoms with Crippen molar-refractivity contribution in [2.75, 3.05) is 13.1 Å². The summed E-state index contributed by atoms with van der Waals surface area (Å²) in [6.07, 6.45) is 0.178. The molecule has 0 aliphatic carbocycles. The maximum absolute atomic E-state index is 12.3. The van der Waals surface area contributed by atoms with Crippen LogP contribution in [0, 0.1) is 6.92 Å². The molecule has 2 N–H and O–H groups in total. The third kappa shape index (κ3) is 4.80. The predicted octanol–water partition coefficient (Wildman–Crippen LogP) is 3.32. The number of aryl methyl sites for hydroxylation is 1. The van der Waals surface area contributed by atoms with Gasteiger partial charge in [0.25, 0.3) is 5.91 Å². The third-order valence-electron chi connectivity index (χ3n) is 3.71. The molecule has 2 amide bonds. The average molecular weight is 376 g/mol. The van der Waals surface area contributed by atoms with E-state index in [1.54, 1.807) is 17.9 Å². The van der Waals surface area contributed by atoms with Crippen LogP contribution in [0.25, 0.3) is 0 Å². The molecule has 0 saturated carbocycles. The molecule has 134 valence electrons. The van der Waals surface area contributed by atoms with E-state index >= 15 is 0 Å². The topological polar surface area (TPSA) is 74.4 Å². The van der Waals surface area contributed by atoms with Crippen molar-refractivity contribution in [3.8, 4) is 0 Å². The van der Waals surface area contributed by atoms with E-state index in [1.165, 1.54) is 0 Å². The van der Waals surface area contributed by atoms with Gasteiger partial charge in [0.2, 0.25) is 0 Å². The highest BCUT2D eigenvalue weighted by atomic mass is 35.5. The van der Waals surface area contributed by atoms with Crippen molar-refractivity contribution >= 4 is 35.2 Å². The second kappa shape index (κ2) is 7.23. The van der Waals surface area contributed by atoms with Crippen LogP contribution in [-0.4, -0.2) is 52.0 Å². The van der Waals surface area contributed by atoms with Gasteiger partial charge in [0.1, 0.15) is 11.3 Å². The van der Waals surface area contributed by atoms with E-state index < -0.39 is 5.60 Å². The Hall–Kier alpha value is -1.40. The summed E-state index contributed by atoms with van der Waals surface area (Å²) in [7, 11) is 0. The molecule has 0 radical (unpaired) electrons. The van der Waals surface area contributed by atoms with Gasteiger partial charge in [-0.25, -0.2) is 4.79 Å². The number of rotatable bonds is 2. The maximum atomic E-state index is 12.3. The Labute approximate surface area is 151 Å². The number of H-pyrrole nitrogens is 1. The van der Waals surface area contributed by atoms with E-state index in [-0.39, 0.29) is 23.4 Å². The fraction of sp³-hybridized carbons (Fsp3) is 0.625. The molecule has 6 nitrogen and oxygen atoms in total. The van der Waals surface area contributed by atoms with Gasteiger partial charge in [-0.2, -0.15) is 0 Å². The zero-order chi connectivity index (χ0) is 18.1. The molecule has 0 bridgehead atoms. The second-order valence-corrected chi connectivity index (χ2v) is 7.93. The summed E-state index contributed by atoms with van der Waals surface area (Å²) in [5, 5.41) is 3.02. The number of aromatic amines is 1. The van der Waals surface area contributed by atoms with E-state index in [9.17, 15) is 9.59 Å². The Morgan fingerprint density at radius 3 is 2.58 bits per heavy atom. The highest BCUT2D eigenvalue weighted by molar-refractivity contribution is 6.31. The molecule has 1 aromatic heterocycles. The lowest BCUT2D eigenvalue weighted by molar-refractivity contribution is 0.0203. The summed E-state index contributed by atoms with van der Waals surface area (Å²) in [5.74, 6) is -0.258. The van der Waals surface area contributed by atoms with E-state index in [0.29, 0.717) is 30.2 Å². The minimum Gasteiger partial charge on any atom is -0.444 e. The van der Waals surface area contributed by atoms with E-state index in [0.717, 1.165) is 5.69 Å². The number of carbonyl (C=O) groups is 2. The molecule has 8 heteroatoms. The molecular weight excluding hydrogens is 353 g/mol. The zero-order valence-electron chi connectivity index (χ0n) is 14.3. The van der Waals surface area contributed by atoms with Gasteiger partial charge in [0, 0.05) is 24.8 Å². The number of nitrogens with zero attached hydrogens (tertiary/aromatic N) is 1. The normalized spacial score (nSPS) is 21.5. The Bertz CT molecular complexity index is 605. The largest absolute Gasteiger partial charge is 0.444 e. The molecular formula is C16H23Cl2N3O3. The molecule has 0 aromatic carbocycles. The number of likely N-dealkylation sites (tertiary alicyclic amines) is 1. The monoisotopic (exact) mass is 375 g/mol. The van der Waals surface area contributed by atoms with E-state index in [2.05, 4.69) is 10.3 Å². The molecule has 24 heavy (non-hydrogen) atoms. The number of hydrogen-bond donors (Lipinski definition) is 2. The van der Waals surface area contributed by atoms with E-state index in [1.807, 2.05) is 20.8 Å². The molecule has 1 fully saturated rings. The van der Waals surface area contributed by atoms with Crippen LogP contribution in [-0.2, 0) is 4.74 Å². The van der Waals surface area contributed by atoms with Crippen molar-refractivity contribution in [1.29, 1.82) is 0 Å². The number of piperidine rings is 1. The predicted molar refractivity (Wildman–Crippen MR) is 93.9 cm³/mol. The molecule has 0 spiro atoms. The highest BCUT2D eigenvalue weighted by Crippen LogP contribution is 2.20. The van der Waals surface area contributed by atoms with Crippen LogP contribution in [0.2, 0.25) is 5.02 Å². The first-order valence-corrected chi connectivity index (χ1v) is 8.66. The van der Waals surface area contributed by atoms with Crippen molar-refractivity contribution in [3.63, 3.8) is 0 Å². The van der Waals surface area contributed by atoms with Crippen LogP contribution >= 0.6 is 23.2 Å². The van der Waals surface area contributed by atoms with Gasteiger partial charge >= 0.3 is 6.09 Å². The first kappa shape index (κ1) is 18.9. The number of aromatic nitrogens is 1. The van der Waals surface area contributed by atoms with Gasteiger partial charge in [-0.05, 0) is 40.2 Å². The highest BCUT2D eigenvalue weighted by Gasteiger charge is 2.33. The smallest absolute Gasteiger partial charge is 0.410 e. The van der Waals surface area contributed by atoms with Crippen LogP contribution in [0.4, 0.5) is 4.79 Å². The molecule has 2 heterocycles. The molecule has 1 aliphatic rings. The minimum atomic E-state index is -0.547. The molecule has 2 atom stereocenters. The fourth-order valence-corrected chi connectivity index (χ4v) is 2.97. The Morgan fingerprint density at radius 1 is 1.42 bits per heavy atom. The average Bonchev–Trinajstić information content (AvgIpc) is 2.79. The summed E-state index contributed by atoms with van der Waals surface area (Å²) in [5.41, 5.74) is 0.592. The van der Waals surface area contributed by atoms with Crippen molar-refractivity contribution in [1.82, 2.24) is 15.2 Å². The number of amides is 2. The molecule has 1 aliphatic heterocycles. The van der Waals surface area contributed by atoms with Crippen molar-refractivity contribution < 1.29 is 14.3 Å². The Morgan fingerprint density at radius 2 is 2.08 bits per heavy atom. The number of alkyl halides is 1. The van der Waals surface area contributed by atoms with Crippen LogP contribution in [0.15, 0.2) is 6.07 Å². The number of carbonyl (C=O) groups excluding carboxylic acids is 2. The number of halogens is 2. The van der Waals surface area contributed by atoms with Gasteiger partial charge in [0.05, 0.1) is 10.4 Å². The summed E-state index contributed by atoms with van der Waals surface area (Å²) < 4.78 is 5.35. The zero-order valence-corrected chi connectivity index (χ0v) is 15.8. The second-order valence-electron chi connectivity index (χ2n) is 6.97.